The molecule has 2 unspecified atom stereocenters. The third kappa shape index (κ3) is 2.55. The zero-order valence-electron chi connectivity index (χ0n) is 11.2. The molecule has 21 heavy (non-hydrogen) atoms. The van der Waals surface area contributed by atoms with E-state index >= 15 is 0 Å². The zero-order chi connectivity index (χ0) is 15.0. The van der Waals surface area contributed by atoms with Crippen LogP contribution in [0.4, 0.5) is 5.82 Å². The number of fused-ring (bicyclic) bond motifs is 1. The highest BCUT2D eigenvalue weighted by atomic mass is 32.1. The van der Waals surface area contributed by atoms with Gasteiger partial charge in [0.15, 0.2) is 12.0 Å². The number of hydrogen-bond donors (Lipinski definition) is 5. The maximum atomic E-state index is 10.2. The van der Waals surface area contributed by atoms with Crippen molar-refractivity contribution >= 4 is 24.8 Å². The molecule has 0 radical (unpaired) electrons. The number of aliphatic imine (C=N–C) groups is 1. The number of aliphatic hydroxyl groups excluding tert-OH is 3. The van der Waals surface area contributed by atoms with Gasteiger partial charge in [-0.25, -0.2) is 9.98 Å². The Morgan fingerprint density at radius 2 is 2.19 bits per heavy atom. The summed E-state index contributed by atoms with van der Waals surface area (Å²) >= 11 is 4.12. The number of rotatable bonds is 3. The van der Waals surface area contributed by atoms with E-state index in [2.05, 4.69) is 27.9 Å². The van der Waals surface area contributed by atoms with Crippen molar-refractivity contribution in [3.63, 3.8) is 0 Å². The molecule has 2 aliphatic heterocycles. The topological polar surface area (TPSA) is 112 Å². The van der Waals surface area contributed by atoms with Crippen molar-refractivity contribution in [2.45, 2.75) is 37.1 Å². The lowest BCUT2D eigenvalue weighted by Gasteiger charge is -2.17. The van der Waals surface area contributed by atoms with Crippen molar-refractivity contribution in [3.8, 4) is 0 Å². The first kappa shape index (κ1) is 14.8. The third-order valence-corrected chi connectivity index (χ3v) is 3.98. The molecule has 0 amide bonds. The molecule has 3 heterocycles. The molecule has 0 saturated carbocycles. The van der Waals surface area contributed by atoms with Gasteiger partial charge in [-0.3, -0.25) is 4.57 Å². The van der Waals surface area contributed by atoms with Crippen LogP contribution in [0.25, 0.3) is 0 Å². The molecule has 0 aromatic carbocycles. The fraction of sp³-hybridized carbons (Fsp3) is 0.667. The van der Waals surface area contributed by atoms with Gasteiger partial charge in [0.25, 0.3) is 0 Å². The van der Waals surface area contributed by atoms with Gasteiger partial charge >= 0.3 is 0 Å². The Balaban J connectivity index is 1.91. The fourth-order valence-electron chi connectivity index (χ4n) is 2.62. The molecule has 2 aliphatic rings. The number of aliphatic hydroxyl groups is 3. The maximum Gasteiger partial charge on any atom is 0.165 e. The summed E-state index contributed by atoms with van der Waals surface area (Å²) in [5, 5.41) is 33.0. The van der Waals surface area contributed by atoms with Crippen LogP contribution in [0, 0.1) is 0 Å². The van der Waals surface area contributed by atoms with Gasteiger partial charge in [0.2, 0.25) is 0 Å². The lowest BCUT2D eigenvalue weighted by atomic mass is 10.1. The van der Waals surface area contributed by atoms with Crippen LogP contribution in [-0.4, -0.2) is 61.8 Å². The number of nitrogens with zero attached hydrogens (tertiary/aromatic N) is 3. The molecule has 0 spiro atoms. The van der Waals surface area contributed by atoms with E-state index in [4.69, 9.17) is 4.74 Å². The Labute approximate surface area is 126 Å². The zero-order valence-corrected chi connectivity index (χ0v) is 12.1. The summed E-state index contributed by atoms with van der Waals surface area (Å²) in [7, 11) is 0. The summed E-state index contributed by atoms with van der Waals surface area (Å²) in [6.45, 7) is 0.312. The first-order valence-electron chi connectivity index (χ1n) is 6.76. The lowest BCUT2D eigenvalue weighted by Crippen LogP contribution is -2.31. The van der Waals surface area contributed by atoms with Crippen LogP contribution in [0.2, 0.25) is 0 Å². The minimum absolute atomic E-state index is 0.312. The lowest BCUT2D eigenvalue weighted by molar-refractivity contribution is -0.0364. The molecule has 0 aliphatic carbocycles. The van der Waals surface area contributed by atoms with Gasteiger partial charge in [0.1, 0.15) is 24.0 Å². The molecule has 9 heteroatoms. The number of imidazole rings is 1. The highest BCUT2D eigenvalue weighted by Crippen LogP contribution is 2.36. The Morgan fingerprint density at radius 1 is 1.38 bits per heavy atom. The molecule has 5 atom stereocenters. The van der Waals surface area contributed by atoms with Crippen molar-refractivity contribution in [1.82, 2.24) is 14.9 Å². The molecule has 8 nitrogen and oxygen atoms in total. The van der Waals surface area contributed by atoms with Gasteiger partial charge in [-0.1, -0.05) is 0 Å². The van der Waals surface area contributed by atoms with Crippen molar-refractivity contribution < 1.29 is 20.1 Å². The van der Waals surface area contributed by atoms with E-state index in [0.717, 1.165) is 0 Å². The monoisotopic (exact) mass is 314 g/mol. The number of thiol groups is 1. The Kier molecular flexibility index (Phi) is 4.18. The number of nitrogens with one attached hydrogen (secondary N) is 1. The standard InChI is InChI=1S/C12H18N4O4S/c17-6-3-13-4-14-11-8(6)15-5-16(11)12-10(19)9(18)7(20-12)1-2-21/h4-7,9-10,12,17-19,21H,1-3H2,(H,13,14)/t6-,7-,9?,10?,12-/m1/s1. The molecule has 1 aromatic rings. The Bertz CT molecular complexity index is 537. The van der Waals surface area contributed by atoms with E-state index in [1.54, 1.807) is 0 Å². The fourth-order valence-corrected chi connectivity index (χ4v) is 2.87. The van der Waals surface area contributed by atoms with E-state index < -0.39 is 30.6 Å². The molecular formula is C12H18N4O4S. The van der Waals surface area contributed by atoms with Gasteiger partial charge in [-0.05, 0) is 12.2 Å². The highest BCUT2D eigenvalue weighted by molar-refractivity contribution is 7.80. The van der Waals surface area contributed by atoms with Crippen LogP contribution >= 0.6 is 12.6 Å². The van der Waals surface area contributed by atoms with Crippen LogP contribution in [-0.2, 0) is 4.74 Å². The van der Waals surface area contributed by atoms with Gasteiger partial charge < -0.3 is 25.4 Å². The van der Waals surface area contributed by atoms with Crippen LogP contribution in [0.15, 0.2) is 11.3 Å². The summed E-state index contributed by atoms with van der Waals surface area (Å²) in [5.41, 5.74) is 0.416. The smallest absolute Gasteiger partial charge is 0.165 e. The van der Waals surface area contributed by atoms with Crippen LogP contribution < -0.4 is 5.32 Å². The van der Waals surface area contributed by atoms with Crippen molar-refractivity contribution in [2.75, 3.05) is 12.3 Å². The average molecular weight is 314 g/mol. The predicted molar refractivity (Wildman–Crippen MR) is 77.7 cm³/mol. The van der Waals surface area contributed by atoms with E-state index in [1.807, 2.05) is 0 Å². The number of aromatic nitrogens is 2. The van der Waals surface area contributed by atoms with E-state index in [-0.39, 0.29) is 0 Å². The second-order valence-corrected chi connectivity index (χ2v) is 5.55. The van der Waals surface area contributed by atoms with Crippen LogP contribution in [0.3, 0.4) is 0 Å². The SMILES string of the molecule is OC1C(O)[C@@H](CCS)O[C@H]1n1cnc2c1N=CNC[C@H]2O. The molecule has 0 bridgehead atoms. The second kappa shape index (κ2) is 5.93. The molecule has 1 fully saturated rings. The third-order valence-electron chi connectivity index (χ3n) is 3.72. The largest absolute Gasteiger partial charge is 0.388 e. The van der Waals surface area contributed by atoms with E-state index in [1.165, 1.54) is 17.2 Å². The van der Waals surface area contributed by atoms with Gasteiger partial charge in [-0.2, -0.15) is 12.6 Å². The van der Waals surface area contributed by atoms with Crippen molar-refractivity contribution in [3.05, 3.63) is 12.0 Å². The van der Waals surface area contributed by atoms with E-state index in [9.17, 15) is 15.3 Å². The summed E-state index contributed by atoms with van der Waals surface area (Å²) in [6, 6.07) is 0. The molecule has 4 N–H and O–H groups in total. The average Bonchev–Trinajstić information content (AvgIpc) is 2.94. The molecular weight excluding hydrogens is 296 g/mol. The molecule has 1 aromatic heterocycles. The van der Waals surface area contributed by atoms with Crippen LogP contribution in [0.5, 0.6) is 0 Å². The Morgan fingerprint density at radius 3 is 2.95 bits per heavy atom. The minimum atomic E-state index is -1.09. The van der Waals surface area contributed by atoms with Crippen molar-refractivity contribution in [2.24, 2.45) is 4.99 Å². The summed E-state index contributed by atoms with van der Waals surface area (Å²) in [5.74, 6) is 0.958. The normalized spacial score (nSPS) is 35.3. The quantitative estimate of drug-likeness (QED) is 0.463. The molecule has 116 valence electrons. The summed E-state index contributed by atoms with van der Waals surface area (Å²) in [6.07, 6.45) is -0.685. The van der Waals surface area contributed by atoms with Crippen LogP contribution in [0.1, 0.15) is 24.4 Å². The second-order valence-electron chi connectivity index (χ2n) is 5.10. The number of β-amino-alcohol motifs (C(OH)–C–C–N with tert-alkyl or cyclic N) is 1. The highest BCUT2D eigenvalue weighted by Gasteiger charge is 2.44. The summed E-state index contributed by atoms with van der Waals surface area (Å²) in [4.78, 5) is 8.33. The minimum Gasteiger partial charge on any atom is -0.388 e. The number of hydrogen-bond acceptors (Lipinski definition) is 8. The summed E-state index contributed by atoms with van der Waals surface area (Å²) < 4.78 is 7.25. The molecule has 1 saturated heterocycles. The van der Waals surface area contributed by atoms with Gasteiger partial charge in [0.05, 0.1) is 18.8 Å². The van der Waals surface area contributed by atoms with Crippen molar-refractivity contribution in [1.29, 1.82) is 0 Å². The predicted octanol–water partition coefficient (Wildman–Crippen LogP) is -0.881. The molecule has 3 rings (SSSR count). The Hall–Kier alpha value is -1.13. The number of ether oxygens (including phenoxy) is 1. The van der Waals surface area contributed by atoms with Gasteiger partial charge in [-0.15, -0.1) is 0 Å². The van der Waals surface area contributed by atoms with Gasteiger partial charge in [0, 0.05) is 6.54 Å². The first-order valence-corrected chi connectivity index (χ1v) is 7.40. The van der Waals surface area contributed by atoms with E-state index in [0.29, 0.717) is 30.2 Å². The first-order chi connectivity index (χ1) is 10.1. The maximum absolute atomic E-state index is 10.2.